The number of aromatic nitrogens is 1. The Balaban J connectivity index is 2.83. The monoisotopic (exact) mass is 330 g/mol. The molecule has 4 heteroatoms. The molecular formula is C11H11IN2S. The van der Waals surface area contributed by atoms with Gasteiger partial charge in [0.2, 0.25) is 0 Å². The van der Waals surface area contributed by atoms with Gasteiger partial charge in [0, 0.05) is 28.6 Å². The number of pyridine rings is 1. The van der Waals surface area contributed by atoms with Gasteiger partial charge >= 0.3 is 0 Å². The van der Waals surface area contributed by atoms with Crippen LogP contribution in [0.2, 0.25) is 0 Å². The van der Waals surface area contributed by atoms with Crippen LogP contribution in [0.3, 0.4) is 0 Å². The molecule has 0 aliphatic carbocycles. The van der Waals surface area contributed by atoms with Crippen LogP contribution < -0.4 is 0 Å². The maximum absolute atomic E-state index is 7.09. The van der Waals surface area contributed by atoms with Crippen molar-refractivity contribution in [2.45, 2.75) is 11.3 Å². The smallest absolute Gasteiger partial charge is 0.0595 e. The van der Waals surface area contributed by atoms with Gasteiger partial charge in [-0.15, -0.1) is 0 Å². The topological polar surface area (TPSA) is 36.7 Å². The van der Waals surface area contributed by atoms with Crippen LogP contribution in [0.1, 0.15) is 5.69 Å². The summed E-state index contributed by atoms with van der Waals surface area (Å²) in [5, 5.41) is 7.09. The van der Waals surface area contributed by atoms with Crippen LogP contribution >= 0.6 is 34.4 Å². The Morgan fingerprint density at radius 2 is 2.47 bits per heavy atom. The summed E-state index contributed by atoms with van der Waals surface area (Å²) in [6, 6.07) is 3.90. The van der Waals surface area contributed by atoms with Crippen molar-refractivity contribution in [3.05, 3.63) is 45.7 Å². The summed E-state index contributed by atoms with van der Waals surface area (Å²) in [6.45, 7) is 3.93. The number of nitrogens with one attached hydrogen (secondary N) is 1. The first kappa shape index (κ1) is 12.4. The van der Waals surface area contributed by atoms with Crippen LogP contribution in [0.5, 0.6) is 0 Å². The average Bonchev–Trinajstić information content (AvgIpc) is 2.21. The van der Waals surface area contributed by atoms with Gasteiger partial charge in [-0.25, -0.2) is 0 Å². The van der Waals surface area contributed by atoms with Crippen molar-refractivity contribution in [3.63, 3.8) is 0 Å². The molecule has 0 aromatic carbocycles. The van der Waals surface area contributed by atoms with E-state index in [2.05, 4.69) is 34.2 Å². The molecule has 78 valence electrons. The van der Waals surface area contributed by atoms with Crippen molar-refractivity contribution >= 4 is 40.6 Å². The summed E-state index contributed by atoms with van der Waals surface area (Å²) in [4.78, 5) is 6.29. The molecule has 1 heterocycles. The molecule has 0 saturated heterocycles. The first-order valence-electron chi connectivity index (χ1n) is 4.34. The summed E-state index contributed by atoms with van der Waals surface area (Å²) in [5.41, 5.74) is 0.931. The standard InChI is InChI=1S/C11H11IN2S/c1-9(4-6-12)15-11-3-2-8-14-10(11)5-7-13/h2-4,6-8,13H,1,5H2/b6-4-,13-7?. The second-order valence-corrected chi connectivity index (χ2v) is 4.61. The molecule has 0 radical (unpaired) electrons. The van der Waals surface area contributed by atoms with E-state index in [1.54, 1.807) is 18.0 Å². The van der Waals surface area contributed by atoms with Gasteiger partial charge in [-0.05, 0) is 22.3 Å². The fourth-order valence-electron chi connectivity index (χ4n) is 1.01. The van der Waals surface area contributed by atoms with E-state index in [0.717, 1.165) is 15.5 Å². The van der Waals surface area contributed by atoms with E-state index in [0.29, 0.717) is 6.42 Å². The van der Waals surface area contributed by atoms with Gasteiger partial charge in [0.15, 0.2) is 0 Å². The Morgan fingerprint density at radius 3 is 3.13 bits per heavy atom. The Labute approximate surface area is 108 Å². The molecule has 0 amide bonds. The SMILES string of the molecule is C=C(/C=C\I)Sc1cccnc1CC=N. The van der Waals surface area contributed by atoms with E-state index >= 15 is 0 Å². The van der Waals surface area contributed by atoms with Gasteiger partial charge in [0.05, 0.1) is 5.69 Å². The van der Waals surface area contributed by atoms with Crippen LogP contribution in [0.4, 0.5) is 0 Å². The third-order valence-electron chi connectivity index (χ3n) is 1.63. The zero-order valence-electron chi connectivity index (χ0n) is 8.11. The molecule has 0 spiro atoms. The van der Waals surface area contributed by atoms with Crippen molar-refractivity contribution in [1.82, 2.24) is 4.98 Å². The lowest BCUT2D eigenvalue weighted by Gasteiger charge is -2.05. The number of allylic oxidation sites excluding steroid dienone is 1. The molecule has 15 heavy (non-hydrogen) atoms. The highest BCUT2D eigenvalue weighted by molar-refractivity contribution is 14.1. The molecule has 2 nitrogen and oxygen atoms in total. The molecule has 1 aromatic rings. The third kappa shape index (κ3) is 4.17. The molecule has 1 aromatic heterocycles. The predicted molar refractivity (Wildman–Crippen MR) is 74.9 cm³/mol. The minimum atomic E-state index is 0.574. The molecule has 0 unspecified atom stereocenters. The van der Waals surface area contributed by atoms with Gasteiger partial charge in [0.25, 0.3) is 0 Å². The molecule has 1 N–H and O–H groups in total. The predicted octanol–water partition coefficient (Wildman–Crippen LogP) is 3.83. The lowest BCUT2D eigenvalue weighted by molar-refractivity contribution is 1.07. The molecule has 0 aliphatic rings. The number of hydrogen-bond acceptors (Lipinski definition) is 3. The fourth-order valence-corrected chi connectivity index (χ4v) is 2.51. The van der Waals surface area contributed by atoms with E-state index in [1.165, 1.54) is 6.21 Å². The molecule has 1 rings (SSSR count). The van der Waals surface area contributed by atoms with Crippen molar-refractivity contribution in [2.75, 3.05) is 0 Å². The lowest BCUT2D eigenvalue weighted by Crippen LogP contribution is -1.92. The largest absolute Gasteiger partial charge is 0.313 e. The van der Waals surface area contributed by atoms with E-state index in [-0.39, 0.29) is 0 Å². The van der Waals surface area contributed by atoms with E-state index < -0.39 is 0 Å². The highest BCUT2D eigenvalue weighted by atomic mass is 127. The minimum Gasteiger partial charge on any atom is -0.313 e. The molecular weight excluding hydrogens is 319 g/mol. The van der Waals surface area contributed by atoms with Crippen molar-refractivity contribution in [3.8, 4) is 0 Å². The van der Waals surface area contributed by atoms with Gasteiger partial charge in [-0.3, -0.25) is 4.98 Å². The maximum atomic E-state index is 7.09. The van der Waals surface area contributed by atoms with Crippen LogP contribution in [0, 0.1) is 5.41 Å². The van der Waals surface area contributed by atoms with Gasteiger partial charge in [-0.1, -0.05) is 40.9 Å². The van der Waals surface area contributed by atoms with E-state index in [4.69, 9.17) is 5.41 Å². The number of thioether (sulfide) groups is 1. The van der Waals surface area contributed by atoms with Crippen LogP contribution in [0.25, 0.3) is 0 Å². The van der Waals surface area contributed by atoms with Crippen LogP contribution in [-0.2, 0) is 6.42 Å². The van der Waals surface area contributed by atoms with Gasteiger partial charge in [0.1, 0.15) is 0 Å². The fraction of sp³-hybridized carbons (Fsp3) is 0.0909. The zero-order chi connectivity index (χ0) is 11.1. The zero-order valence-corrected chi connectivity index (χ0v) is 11.1. The first-order valence-corrected chi connectivity index (χ1v) is 6.40. The maximum Gasteiger partial charge on any atom is 0.0595 e. The average molecular weight is 330 g/mol. The van der Waals surface area contributed by atoms with Crippen LogP contribution in [-0.4, -0.2) is 11.2 Å². The number of rotatable bonds is 5. The second kappa shape index (κ2) is 6.79. The summed E-state index contributed by atoms with van der Waals surface area (Å²) in [6.07, 6.45) is 5.64. The molecule has 0 atom stereocenters. The highest BCUT2D eigenvalue weighted by Gasteiger charge is 2.03. The van der Waals surface area contributed by atoms with Crippen molar-refractivity contribution in [1.29, 1.82) is 5.41 Å². The minimum absolute atomic E-state index is 0.574. The lowest BCUT2D eigenvalue weighted by atomic mass is 10.3. The van der Waals surface area contributed by atoms with Gasteiger partial charge in [-0.2, -0.15) is 0 Å². The Kier molecular flexibility index (Phi) is 5.63. The van der Waals surface area contributed by atoms with Crippen LogP contribution in [0.15, 0.2) is 44.9 Å². The summed E-state index contributed by atoms with van der Waals surface area (Å²) < 4.78 is 1.93. The first-order chi connectivity index (χ1) is 7.27. The highest BCUT2D eigenvalue weighted by Crippen LogP contribution is 2.28. The summed E-state index contributed by atoms with van der Waals surface area (Å²) >= 11 is 3.75. The quantitative estimate of drug-likeness (QED) is 0.386. The normalized spacial score (nSPS) is 10.5. The Bertz CT molecular complexity index is 388. The van der Waals surface area contributed by atoms with Gasteiger partial charge < -0.3 is 5.41 Å². The van der Waals surface area contributed by atoms with E-state index in [1.807, 2.05) is 22.3 Å². The molecule has 0 bridgehead atoms. The number of halogens is 1. The number of nitrogens with zero attached hydrogens (tertiary/aromatic N) is 1. The second-order valence-electron chi connectivity index (χ2n) is 2.72. The molecule has 0 saturated carbocycles. The molecule has 0 aliphatic heterocycles. The summed E-state index contributed by atoms with van der Waals surface area (Å²) in [7, 11) is 0. The molecule has 0 fully saturated rings. The van der Waals surface area contributed by atoms with Crippen molar-refractivity contribution < 1.29 is 0 Å². The summed E-state index contributed by atoms with van der Waals surface area (Å²) in [5.74, 6) is 0. The van der Waals surface area contributed by atoms with Crippen molar-refractivity contribution in [2.24, 2.45) is 0 Å². The third-order valence-corrected chi connectivity index (χ3v) is 2.98. The Morgan fingerprint density at radius 1 is 1.67 bits per heavy atom. The number of hydrogen-bond donors (Lipinski definition) is 1. The van der Waals surface area contributed by atoms with E-state index in [9.17, 15) is 0 Å². The Hall–Kier alpha value is -0.620.